The van der Waals surface area contributed by atoms with E-state index in [4.69, 9.17) is 21.6 Å². The maximum atomic E-state index is 6.11. The van der Waals surface area contributed by atoms with E-state index in [1.54, 1.807) is 0 Å². The molecule has 7 heteroatoms. The van der Waals surface area contributed by atoms with Gasteiger partial charge in [-0.15, -0.1) is 0 Å². The Bertz CT molecular complexity index is 1300. The third kappa shape index (κ3) is 3.90. The average Bonchev–Trinajstić information content (AvgIpc) is 3.39. The number of pyridine rings is 1. The van der Waals surface area contributed by atoms with Crippen molar-refractivity contribution in [3.8, 4) is 17.2 Å². The summed E-state index contributed by atoms with van der Waals surface area (Å²) in [5.74, 6) is 2.51. The minimum atomic E-state index is 0.582. The molecule has 0 aliphatic carbocycles. The Morgan fingerprint density at radius 1 is 1.00 bits per heavy atom. The SMILES string of the molecule is Cc1ccc(N(C)Cc2nc(-c3nc4ccccc4[nH]3)cn2-c2ccc(Cl)cc2)nc1. The average molecular weight is 429 g/mol. The van der Waals surface area contributed by atoms with Crippen molar-refractivity contribution < 1.29 is 0 Å². The van der Waals surface area contributed by atoms with Crippen LogP contribution >= 0.6 is 11.6 Å². The highest BCUT2D eigenvalue weighted by Crippen LogP contribution is 2.24. The number of nitrogens with one attached hydrogen (secondary N) is 1. The van der Waals surface area contributed by atoms with Crippen LogP contribution in [0.15, 0.2) is 73.1 Å². The molecule has 0 spiro atoms. The Hall–Kier alpha value is -3.64. The Morgan fingerprint density at radius 3 is 2.55 bits per heavy atom. The predicted molar refractivity (Wildman–Crippen MR) is 125 cm³/mol. The molecule has 0 radical (unpaired) electrons. The van der Waals surface area contributed by atoms with Gasteiger partial charge in [0.05, 0.1) is 17.6 Å². The zero-order valence-corrected chi connectivity index (χ0v) is 18.0. The summed E-state index contributed by atoms with van der Waals surface area (Å²) in [7, 11) is 2.01. The number of fused-ring (bicyclic) bond motifs is 1. The molecule has 5 aromatic rings. The van der Waals surface area contributed by atoms with E-state index in [0.29, 0.717) is 11.6 Å². The van der Waals surface area contributed by atoms with Crippen LogP contribution in [0.1, 0.15) is 11.4 Å². The van der Waals surface area contributed by atoms with Gasteiger partial charge in [0, 0.05) is 30.2 Å². The van der Waals surface area contributed by atoms with Crippen molar-refractivity contribution in [2.45, 2.75) is 13.5 Å². The monoisotopic (exact) mass is 428 g/mol. The molecule has 154 valence electrons. The molecular formula is C24H21ClN6. The van der Waals surface area contributed by atoms with Crippen LogP contribution in [0, 0.1) is 6.92 Å². The second-order valence-corrected chi connectivity index (χ2v) is 7.98. The van der Waals surface area contributed by atoms with E-state index >= 15 is 0 Å². The van der Waals surface area contributed by atoms with Gasteiger partial charge in [-0.05, 0) is 55.0 Å². The molecule has 0 aliphatic rings. The summed E-state index contributed by atoms with van der Waals surface area (Å²) in [5.41, 5.74) is 4.81. The number of para-hydroxylation sites is 2. The van der Waals surface area contributed by atoms with Gasteiger partial charge in [-0.25, -0.2) is 15.0 Å². The highest BCUT2D eigenvalue weighted by molar-refractivity contribution is 6.30. The first-order valence-electron chi connectivity index (χ1n) is 10.00. The van der Waals surface area contributed by atoms with Crippen LogP contribution in [0.3, 0.4) is 0 Å². The summed E-state index contributed by atoms with van der Waals surface area (Å²) >= 11 is 6.11. The lowest BCUT2D eigenvalue weighted by atomic mass is 10.3. The second kappa shape index (κ2) is 7.89. The first kappa shape index (κ1) is 19.3. The number of rotatable bonds is 5. The number of nitrogens with zero attached hydrogens (tertiary/aromatic N) is 5. The fourth-order valence-electron chi connectivity index (χ4n) is 3.52. The van der Waals surface area contributed by atoms with Crippen LogP contribution in [0.25, 0.3) is 28.2 Å². The molecule has 3 aromatic heterocycles. The number of benzene rings is 2. The largest absolute Gasteiger partial charge is 0.352 e. The van der Waals surface area contributed by atoms with Crippen molar-refractivity contribution >= 4 is 28.5 Å². The third-order valence-electron chi connectivity index (χ3n) is 5.18. The number of hydrogen-bond donors (Lipinski definition) is 1. The molecule has 5 rings (SSSR count). The fourth-order valence-corrected chi connectivity index (χ4v) is 3.65. The summed E-state index contributed by atoms with van der Waals surface area (Å²) in [6.45, 7) is 2.61. The van der Waals surface area contributed by atoms with Crippen molar-refractivity contribution in [2.75, 3.05) is 11.9 Å². The van der Waals surface area contributed by atoms with Gasteiger partial charge in [0.1, 0.15) is 17.3 Å². The van der Waals surface area contributed by atoms with Crippen LogP contribution in [-0.2, 0) is 6.54 Å². The topological polar surface area (TPSA) is 62.6 Å². The van der Waals surface area contributed by atoms with E-state index in [1.807, 2.05) is 81.0 Å². The lowest BCUT2D eigenvalue weighted by molar-refractivity contribution is 0.801. The summed E-state index contributed by atoms with van der Waals surface area (Å²) in [6, 6.07) is 19.8. The van der Waals surface area contributed by atoms with E-state index in [2.05, 4.69) is 25.5 Å². The van der Waals surface area contributed by atoms with Crippen LogP contribution in [0.2, 0.25) is 5.02 Å². The molecule has 0 saturated heterocycles. The van der Waals surface area contributed by atoms with Crippen LogP contribution < -0.4 is 4.90 Å². The van der Waals surface area contributed by atoms with Gasteiger partial charge < -0.3 is 14.5 Å². The number of hydrogen-bond acceptors (Lipinski definition) is 4. The maximum Gasteiger partial charge on any atom is 0.158 e. The minimum absolute atomic E-state index is 0.582. The molecule has 3 heterocycles. The van der Waals surface area contributed by atoms with Gasteiger partial charge in [0.2, 0.25) is 0 Å². The minimum Gasteiger partial charge on any atom is -0.352 e. The highest BCUT2D eigenvalue weighted by Gasteiger charge is 2.16. The standard InChI is InChI=1S/C24H21ClN6/c1-16-7-12-22(26-13-16)30(2)15-23-27-21(14-31(23)18-10-8-17(25)9-11-18)24-28-19-5-3-4-6-20(19)29-24/h3-14H,15H2,1-2H3,(H,28,29). The Labute approximate surface area is 185 Å². The number of H-pyrrole nitrogens is 1. The van der Waals surface area contributed by atoms with Gasteiger partial charge in [-0.3, -0.25) is 0 Å². The maximum absolute atomic E-state index is 6.11. The molecule has 0 atom stereocenters. The van der Waals surface area contributed by atoms with Crippen LogP contribution in [0.4, 0.5) is 5.82 Å². The molecule has 6 nitrogen and oxygen atoms in total. The Morgan fingerprint density at radius 2 is 1.81 bits per heavy atom. The van der Waals surface area contributed by atoms with Crippen molar-refractivity contribution in [1.82, 2.24) is 24.5 Å². The quantitative estimate of drug-likeness (QED) is 0.406. The normalized spacial score (nSPS) is 11.2. The Balaban J connectivity index is 1.56. The zero-order chi connectivity index (χ0) is 21.4. The van der Waals surface area contributed by atoms with Crippen molar-refractivity contribution in [3.05, 3.63) is 89.5 Å². The highest BCUT2D eigenvalue weighted by atomic mass is 35.5. The van der Waals surface area contributed by atoms with E-state index in [1.165, 1.54) is 0 Å². The number of aromatic nitrogens is 5. The summed E-state index contributed by atoms with van der Waals surface area (Å²) in [4.78, 5) is 19.6. The summed E-state index contributed by atoms with van der Waals surface area (Å²) in [6.07, 6.45) is 3.88. The number of anilines is 1. The van der Waals surface area contributed by atoms with Gasteiger partial charge >= 0.3 is 0 Å². The zero-order valence-electron chi connectivity index (χ0n) is 17.2. The van der Waals surface area contributed by atoms with Gasteiger partial charge in [0.25, 0.3) is 0 Å². The summed E-state index contributed by atoms with van der Waals surface area (Å²) < 4.78 is 2.07. The van der Waals surface area contributed by atoms with E-state index in [9.17, 15) is 0 Å². The van der Waals surface area contributed by atoms with Gasteiger partial charge in [-0.2, -0.15) is 0 Å². The van der Waals surface area contributed by atoms with Crippen LogP contribution in [-0.4, -0.2) is 31.6 Å². The lowest BCUT2D eigenvalue weighted by Gasteiger charge is -2.18. The molecule has 0 fully saturated rings. The molecule has 0 unspecified atom stereocenters. The number of imidazole rings is 2. The predicted octanol–water partition coefficient (Wildman–Crippen LogP) is 5.41. The molecule has 0 saturated carbocycles. The molecular weight excluding hydrogens is 408 g/mol. The molecule has 31 heavy (non-hydrogen) atoms. The molecule has 1 N–H and O–H groups in total. The van der Waals surface area contributed by atoms with Crippen molar-refractivity contribution in [1.29, 1.82) is 0 Å². The number of aryl methyl sites for hydroxylation is 1. The first-order valence-corrected chi connectivity index (χ1v) is 10.4. The van der Waals surface area contributed by atoms with E-state index in [-0.39, 0.29) is 0 Å². The second-order valence-electron chi connectivity index (χ2n) is 7.54. The van der Waals surface area contributed by atoms with Crippen LogP contribution in [0.5, 0.6) is 0 Å². The van der Waals surface area contributed by atoms with E-state index < -0.39 is 0 Å². The lowest BCUT2D eigenvalue weighted by Crippen LogP contribution is -2.20. The van der Waals surface area contributed by atoms with Crippen molar-refractivity contribution in [3.63, 3.8) is 0 Å². The number of aromatic amines is 1. The fraction of sp³-hybridized carbons (Fsp3) is 0.125. The smallest absolute Gasteiger partial charge is 0.158 e. The molecule has 0 aliphatic heterocycles. The summed E-state index contributed by atoms with van der Waals surface area (Å²) in [5, 5.41) is 0.698. The van der Waals surface area contributed by atoms with Crippen molar-refractivity contribution in [2.24, 2.45) is 0 Å². The number of halogens is 1. The van der Waals surface area contributed by atoms with E-state index in [0.717, 1.165) is 45.4 Å². The first-order chi connectivity index (χ1) is 15.1. The van der Waals surface area contributed by atoms with Gasteiger partial charge in [-0.1, -0.05) is 29.8 Å². The Kier molecular flexibility index (Phi) is 4.92. The van der Waals surface area contributed by atoms with Gasteiger partial charge in [0.15, 0.2) is 5.82 Å². The third-order valence-corrected chi connectivity index (χ3v) is 5.43. The molecule has 0 bridgehead atoms. The molecule has 0 amide bonds. The molecule has 2 aromatic carbocycles.